The number of nitrogens with two attached hydrogens (primary N) is 1. The average Bonchev–Trinajstić information content (AvgIpc) is 2.20. The summed E-state index contributed by atoms with van der Waals surface area (Å²) >= 11 is 0. The molecule has 0 aliphatic heterocycles. The predicted molar refractivity (Wildman–Crippen MR) is 57.4 cm³/mol. The van der Waals surface area contributed by atoms with Gasteiger partial charge in [0, 0.05) is 12.7 Å². The molecule has 1 heterocycles. The van der Waals surface area contributed by atoms with E-state index in [-0.39, 0.29) is 17.0 Å². The molecule has 0 unspecified atom stereocenters. The summed E-state index contributed by atoms with van der Waals surface area (Å²) in [4.78, 5) is 23.0. The van der Waals surface area contributed by atoms with Crippen molar-refractivity contribution >= 4 is 5.91 Å². The summed E-state index contributed by atoms with van der Waals surface area (Å²) in [6.45, 7) is 3.97. The number of aromatic nitrogens is 1. The van der Waals surface area contributed by atoms with Gasteiger partial charge >= 0.3 is 0 Å². The number of hydrazine groups is 1. The number of hydrogen-bond donors (Lipinski definition) is 2. The molecule has 15 heavy (non-hydrogen) atoms. The Labute approximate surface area is 87.9 Å². The molecule has 3 N–H and O–H groups in total. The van der Waals surface area contributed by atoms with Crippen molar-refractivity contribution in [1.29, 1.82) is 0 Å². The number of rotatable bonds is 2. The maximum absolute atomic E-state index is 11.7. The first-order valence-electron chi connectivity index (χ1n) is 4.70. The molecule has 1 amide bonds. The van der Waals surface area contributed by atoms with E-state index in [1.807, 2.05) is 19.3 Å². The number of nitrogens with one attached hydrogen (secondary N) is 1. The van der Waals surface area contributed by atoms with Crippen molar-refractivity contribution in [2.24, 2.45) is 12.9 Å². The molecule has 5 heteroatoms. The zero-order valence-corrected chi connectivity index (χ0v) is 9.07. The van der Waals surface area contributed by atoms with Gasteiger partial charge < -0.3 is 4.57 Å². The highest BCUT2D eigenvalue weighted by atomic mass is 16.2. The van der Waals surface area contributed by atoms with Crippen LogP contribution in [0.5, 0.6) is 0 Å². The lowest BCUT2D eigenvalue weighted by Gasteiger charge is -2.12. The summed E-state index contributed by atoms with van der Waals surface area (Å²) in [7, 11) is 1.64. The minimum Gasteiger partial charge on any atom is -0.315 e. The van der Waals surface area contributed by atoms with Gasteiger partial charge in [0.1, 0.15) is 5.56 Å². The molecular formula is C10H15N3O2. The second kappa shape index (κ2) is 4.27. The monoisotopic (exact) mass is 209 g/mol. The van der Waals surface area contributed by atoms with Crippen molar-refractivity contribution in [2.75, 3.05) is 0 Å². The van der Waals surface area contributed by atoms with Crippen LogP contribution in [-0.4, -0.2) is 10.5 Å². The number of nitrogen functional groups attached to an aromatic ring is 1. The molecule has 0 aliphatic rings. The van der Waals surface area contributed by atoms with E-state index < -0.39 is 5.91 Å². The van der Waals surface area contributed by atoms with Crippen molar-refractivity contribution in [2.45, 2.75) is 19.8 Å². The van der Waals surface area contributed by atoms with E-state index in [2.05, 4.69) is 0 Å². The molecule has 0 atom stereocenters. The maximum atomic E-state index is 11.7. The fourth-order valence-electron chi connectivity index (χ4n) is 1.48. The summed E-state index contributed by atoms with van der Waals surface area (Å²) in [5.41, 5.74) is 2.56. The molecule has 82 valence electrons. The molecule has 0 fully saturated rings. The molecule has 1 rings (SSSR count). The number of amides is 1. The first-order chi connectivity index (χ1) is 6.99. The molecule has 0 saturated carbocycles. The number of nitrogens with zero attached hydrogens (tertiary/aromatic N) is 1. The lowest BCUT2D eigenvalue weighted by molar-refractivity contribution is 0.0951. The molecule has 0 radical (unpaired) electrons. The smallest absolute Gasteiger partial charge is 0.270 e. The Kier molecular flexibility index (Phi) is 3.26. The van der Waals surface area contributed by atoms with E-state index in [9.17, 15) is 9.59 Å². The molecule has 0 bridgehead atoms. The third-order valence-corrected chi connectivity index (χ3v) is 2.31. The van der Waals surface area contributed by atoms with E-state index >= 15 is 0 Å². The average molecular weight is 209 g/mol. The normalized spacial score (nSPS) is 10.5. The van der Waals surface area contributed by atoms with Crippen molar-refractivity contribution in [1.82, 2.24) is 9.99 Å². The fraction of sp³-hybridized carbons (Fsp3) is 0.400. The standard InChI is InChI=1S/C10H15N3O2/c1-6(2)8-5-4-7(9(14)12-11)10(15)13(8)3/h4-6H,11H2,1-3H3,(H,12,14). The maximum Gasteiger partial charge on any atom is 0.270 e. The zero-order chi connectivity index (χ0) is 11.6. The third kappa shape index (κ3) is 2.07. The quantitative estimate of drug-likeness (QED) is 0.412. The Morgan fingerprint density at radius 1 is 1.47 bits per heavy atom. The second-order valence-electron chi connectivity index (χ2n) is 3.66. The summed E-state index contributed by atoms with van der Waals surface area (Å²) in [6.07, 6.45) is 0. The first-order valence-corrected chi connectivity index (χ1v) is 4.70. The topological polar surface area (TPSA) is 77.1 Å². The van der Waals surface area contributed by atoms with Gasteiger partial charge in [-0.15, -0.1) is 0 Å². The molecule has 1 aromatic heterocycles. The van der Waals surface area contributed by atoms with Crippen LogP contribution in [-0.2, 0) is 7.05 Å². The number of pyridine rings is 1. The largest absolute Gasteiger partial charge is 0.315 e. The van der Waals surface area contributed by atoms with Crippen LogP contribution in [0.3, 0.4) is 0 Å². The minimum absolute atomic E-state index is 0.0596. The van der Waals surface area contributed by atoms with Gasteiger partial charge in [-0.25, -0.2) is 5.84 Å². The number of carbonyl (C=O) groups is 1. The van der Waals surface area contributed by atoms with E-state index in [0.717, 1.165) is 5.69 Å². The highest BCUT2D eigenvalue weighted by molar-refractivity contribution is 5.93. The fourth-order valence-corrected chi connectivity index (χ4v) is 1.48. The van der Waals surface area contributed by atoms with E-state index in [1.165, 1.54) is 10.6 Å². The highest BCUT2D eigenvalue weighted by Gasteiger charge is 2.13. The summed E-state index contributed by atoms with van der Waals surface area (Å²) in [6, 6.07) is 3.26. The van der Waals surface area contributed by atoms with Crippen LogP contribution in [0.1, 0.15) is 35.8 Å². The van der Waals surface area contributed by atoms with Crippen LogP contribution in [0.25, 0.3) is 0 Å². The third-order valence-electron chi connectivity index (χ3n) is 2.31. The molecule has 1 aromatic rings. The zero-order valence-electron chi connectivity index (χ0n) is 9.07. The van der Waals surface area contributed by atoms with Gasteiger partial charge in [-0.1, -0.05) is 13.8 Å². The van der Waals surface area contributed by atoms with Gasteiger partial charge in [0.05, 0.1) is 0 Å². The Morgan fingerprint density at radius 2 is 2.07 bits per heavy atom. The van der Waals surface area contributed by atoms with Gasteiger partial charge in [-0.05, 0) is 18.1 Å². The molecular weight excluding hydrogens is 194 g/mol. The van der Waals surface area contributed by atoms with Crippen LogP contribution in [0.4, 0.5) is 0 Å². The Morgan fingerprint density at radius 3 is 2.53 bits per heavy atom. The molecule has 0 aliphatic carbocycles. The van der Waals surface area contributed by atoms with Crippen molar-refractivity contribution in [3.63, 3.8) is 0 Å². The van der Waals surface area contributed by atoms with Gasteiger partial charge in [0.15, 0.2) is 0 Å². The van der Waals surface area contributed by atoms with Crippen molar-refractivity contribution in [3.8, 4) is 0 Å². The molecule has 0 saturated heterocycles. The summed E-state index contributed by atoms with van der Waals surface area (Å²) in [5.74, 6) is 4.64. The van der Waals surface area contributed by atoms with E-state index in [0.29, 0.717) is 0 Å². The van der Waals surface area contributed by atoms with Crippen molar-refractivity contribution < 1.29 is 4.79 Å². The minimum atomic E-state index is -0.564. The number of carbonyl (C=O) groups excluding carboxylic acids is 1. The lowest BCUT2D eigenvalue weighted by Crippen LogP contribution is -2.36. The van der Waals surface area contributed by atoms with Gasteiger partial charge in [-0.2, -0.15) is 0 Å². The second-order valence-corrected chi connectivity index (χ2v) is 3.66. The Balaban J connectivity index is 3.34. The Hall–Kier alpha value is -1.62. The van der Waals surface area contributed by atoms with Gasteiger partial charge in [-0.3, -0.25) is 15.0 Å². The highest BCUT2D eigenvalue weighted by Crippen LogP contribution is 2.11. The van der Waals surface area contributed by atoms with E-state index in [1.54, 1.807) is 13.1 Å². The predicted octanol–water partition coefficient (Wildman–Crippen LogP) is 0.112. The van der Waals surface area contributed by atoms with Crippen LogP contribution < -0.4 is 16.8 Å². The molecule has 0 aromatic carbocycles. The van der Waals surface area contributed by atoms with Crippen LogP contribution in [0.15, 0.2) is 16.9 Å². The first kappa shape index (κ1) is 11.5. The van der Waals surface area contributed by atoms with Crippen LogP contribution in [0.2, 0.25) is 0 Å². The van der Waals surface area contributed by atoms with Gasteiger partial charge in [0.25, 0.3) is 11.5 Å². The number of hydrogen-bond acceptors (Lipinski definition) is 3. The van der Waals surface area contributed by atoms with E-state index in [4.69, 9.17) is 5.84 Å². The van der Waals surface area contributed by atoms with Crippen molar-refractivity contribution in [3.05, 3.63) is 33.7 Å². The SMILES string of the molecule is CC(C)c1ccc(C(=O)NN)c(=O)n1C. The summed E-state index contributed by atoms with van der Waals surface area (Å²) in [5, 5.41) is 0. The molecule has 5 nitrogen and oxygen atoms in total. The Bertz CT molecular complexity index is 435. The van der Waals surface area contributed by atoms with Crippen LogP contribution in [0, 0.1) is 0 Å². The van der Waals surface area contributed by atoms with Gasteiger partial charge in [0.2, 0.25) is 0 Å². The summed E-state index contributed by atoms with van der Waals surface area (Å²) < 4.78 is 1.47. The van der Waals surface area contributed by atoms with Crippen LogP contribution >= 0.6 is 0 Å². The molecule has 0 spiro atoms. The lowest BCUT2D eigenvalue weighted by atomic mass is 10.1.